The van der Waals surface area contributed by atoms with Gasteiger partial charge < -0.3 is 9.84 Å². The van der Waals surface area contributed by atoms with Crippen molar-refractivity contribution < 1.29 is 4.52 Å². The summed E-state index contributed by atoms with van der Waals surface area (Å²) in [4.78, 5) is 8.58. The summed E-state index contributed by atoms with van der Waals surface area (Å²) in [7, 11) is 0. The molecule has 1 aliphatic heterocycles. The zero-order valence-electron chi connectivity index (χ0n) is 11.0. The van der Waals surface area contributed by atoms with Crippen LogP contribution < -0.4 is 5.32 Å². The van der Waals surface area contributed by atoms with Crippen molar-refractivity contribution in [3.05, 3.63) is 47.1 Å². The number of nitrogens with one attached hydrogen (secondary N) is 1. The van der Waals surface area contributed by atoms with Crippen LogP contribution in [0.2, 0.25) is 5.02 Å². The standard InChI is InChI=1S/C15H11ClN4O/c16-11-2-1-6-18-13(11)14-19-15(21-20-14)10-3-4-12-9(8-10)5-7-17-12/h1-4,6,8,17H,5,7H2. The predicted octanol–water partition coefficient (Wildman–Crippen LogP) is 3.42. The lowest BCUT2D eigenvalue weighted by atomic mass is 10.1. The van der Waals surface area contributed by atoms with Crippen LogP contribution in [0.25, 0.3) is 23.0 Å². The van der Waals surface area contributed by atoms with Crippen LogP contribution in [-0.2, 0) is 6.42 Å². The topological polar surface area (TPSA) is 63.8 Å². The number of anilines is 1. The second-order valence-electron chi connectivity index (χ2n) is 4.81. The minimum Gasteiger partial charge on any atom is -0.384 e. The normalized spacial score (nSPS) is 13.0. The molecular formula is C15H11ClN4O. The van der Waals surface area contributed by atoms with Crippen molar-refractivity contribution in [2.45, 2.75) is 6.42 Å². The van der Waals surface area contributed by atoms with Gasteiger partial charge in [-0.05, 0) is 42.3 Å². The molecule has 0 saturated carbocycles. The fourth-order valence-electron chi connectivity index (χ4n) is 2.43. The van der Waals surface area contributed by atoms with Crippen LogP contribution in [0.4, 0.5) is 5.69 Å². The Bertz CT molecular complexity index is 815. The Morgan fingerprint density at radius 2 is 2.19 bits per heavy atom. The second-order valence-corrected chi connectivity index (χ2v) is 5.21. The zero-order valence-corrected chi connectivity index (χ0v) is 11.8. The maximum absolute atomic E-state index is 6.10. The van der Waals surface area contributed by atoms with E-state index in [4.69, 9.17) is 16.1 Å². The first kappa shape index (κ1) is 12.3. The molecule has 0 fully saturated rings. The van der Waals surface area contributed by atoms with Gasteiger partial charge in [-0.3, -0.25) is 4.98 Å². The number of nitrogens with zero attached hydrogens (tertiary/aromatic N) is 3. The number of halogens is 1. The molecule has 0 bridgehead atoms. The first-order valence-corrected chi connectivity index (χ1v) is 7.01. The summed E-state index contributed by atoms with van der Waals surface area (Å²) in [6.07, 6.45) is 2.66. The third-order valence-corrected chi connectivity index (χ3v) is 3.76. The van der Waals surface area contributed by atoms with E-state index in [2.05, 4.69) is 26.5 Å². The van der Waals surface area contributed by atoms with E-state index in [1.165, 1.54) is 11.3 Å². The van der Waals surface area contributed by atoms with Crippen LogP contribution >= 0.6 is 11.6 Å². The van der Waals surface area contributed by atoms with Crippen molar-refractivity contribution in [3.63, 3.8) is 0 Å². The van der Waals surface area contributed by atoms with Gasteiger partial charge in [0.15, 0.2) is 0 Å². The van der Waals surface area contributed by atoms with Gasteiger partial charge in [0, 0.05) is 24.0 Å². The summed E-state index contributed by atoms with van der Waals surface area (Å²) in [6.45, 7) is 0.970. The van der Waals surface area contributed by atoms with Gasteiger partial charge in [0.1, 0.15) is 5.69 Å². The number of hydrogen-bond donors (Lipinski definition) is 1. The van der Waals surface area contributed by atoms with Gasteiger partial charge in [-0.15, -0.1) is 0 Å². The molecule has 0 unspecified atom stereocenters. The van der Waals surface area contributed by atoms with E-state index < -0.39 is 0 Å². The smallest absolute Gasteiger partial charge is 0.258 e. The molecule has 5 nitrogen and oxygen atoms in total. The summed E-state index contributed by atoms with van der Waals surface area (Å²) >= 11 is 6.10. The highest BCUT2D eigenvalue weighted by Gasteiger charge is 2.16. The molecule has 3 heterocycles. The van der Waals surface area contributed by atoms with Crippen LogP contribution in [0.3, 0.4) is 0 Å². The van der Waals surface area contributed by atoms with Crippen molar-refractivity contribution in [3.8, 4) is 23.0 Å². The number of benzene rings is 1. The summed E-state index contributed by atoms with van der Waals surface area (Å²) in [5, 5.41) is 7.79. The SMILES string of the molecule is Clc1cccnc1-c1noc(-c2ccc3c(c2)CCN3)n1. The molecule has 3 aromatic rings. The fourth-order valence-corrected chi connectivity index (χ4v) is 2.63. The molecule has 0 atom stereocenters. The summed E-state index contributed by atoms with van der Waals surface area (Å²) < 4.78 is 5.34. The maximum atomic E-state index is 6.10. The summed E-state index contributed by atoms with van der Waals surface area (Å²) in [5.74, 6) is 0.871. The minimum atomic E-state index is 0.397. The number of pyridine rings is 1. The fraction of sp³-hybridized carbons (Fsp3) is 0.133. The third-order valence-electron chi connectivity index (χ3n) is 3.46. The van der Waals surface area contributed by atoms with E-state index in [0.717, 1.165) is 18.5 Å². The van der Waals surface area contributed by atoms with Gasteiger partial charge in [-0.25, -0.2) is 0 Å². The maximum Gasteiger partial charge on any atom is 0.258 e. The van der Waals surface area contributed by atoms with Gasteiger partial charge in [-0.2, -0.15) is 4.98 Å². The molecule has 4 rings (SSSR count). The lowest BCUT2D eigenvalue weighted by molar-refractivity contribution is 0.432. The summed E-state index contributed by atoms with van der Waals surface area (Å²) in [6, 6.07) is 9.59. The molecule has 21 heavy (non-hydrogen) atoms. The van der Waals surface area contributed by atoms with Crippen LogP contribution in [0, 0.1) is 0 Å². The van der Waals surface area contributed by atoms with Crippen molar-refractivity contribution in [2.75, 3.05) is 11.9 Å². The average Bonchev–Trinajstić information content (AvgIpc) is 3.16. The molecule has 0 amide bonds. The number of hydrogen-bond acceptors (Lipinski definition) is 5. The van der Waals surface area contributed by atoms with E-state index in [1.54, 1.807) is 18.3 Å². The zero-order chi connectivity index (χ0) is 14.2. The molecule has 1 aromatic carbocycles. The van der Waals surface area contributed by atoms with E-state index in [-0.39, 0.29) is 0 Å². The van der Waals surface area contributed by atoms with E-state index in [9.17, 15) is 0 Å². The Balaban J connectivity index is 1.73. The van der Waals surface area contributed by atoms with E-state index in [0.29, 0.717) is 22.4 Å². The molecule has 2 aromatic heterocycles. The van der Waals surface area contributed by atoms with Gasteiger partial charge in [0.25, 0.3) is 5.89 Å². The second kappa shape index (κ2) is 4.86. The first-order chi connectivity index (χ1) is 10.3. The molecule has 1 aliphatic rings. The average molecular weight is 299 g/mol. The molecule has 0 spiro atoms. The minimum absolute atomic E-state index is 0.397. The van der Waals surface area contributed by atoms with Gasteiger partial charge in [0.05, 0.1) is 5.02 Å². The van der Waals surface area contributed by atoms with Crippen LogP contribution in [0.15, 0.2) is 41.1 Å². The highest BCUT2D eigenvalue weighted by atomic mass is 35.5. The molecular weight excluding hydrogens is 288 g/mol. The van der Waals surface area contributed by atoms with Crippen molar-refractivity contribution in [1.29, 1.82) is 0 Å². The van der Waals surface area contributed by atoms with E-state index >= 15 is 0 Å². The van der Waals surface area contributed by atoms with Crippen molar-refractivity contribution in [1.82, 2.24) is 15.1 Å². The van der Waals surface area contributed by atoms with Crippen molar-refractivity contribution >= 4 is 17.3 Å². The predicted molar refractivity (Wildman–Crippen MR) is 80.2 cm³/mol. The number of aromatic nitrogens is 3. The van der Waals surface area contributed by atoms with Gasteiger partial charge in [0.2, 0.25) is 5.82 Å². The highest BCUT2D eigenvalue weighted by molar-refractivity contribution is 6.32. The van der Waals surface area contributed by atoms with Gasteiger partial charge in [-0.1, -0.05) is 16.8 Å². The quantitative estimate of drug-likeness (QED) is 0.785. The largest absolute Gasteiger partial charge is 0.384 e. The molecule has 6 heteroatoms. The molecule has 1 N–H and O–H groups in total. The Labute approximate surface area is 126 Å². The molecule has 0 radical (unpaired) electrons. The summed E-state index contributed by atoms with van der Waals surface area (Å²) in [5.41, 5.74) is 3.87. The van der Waals surface area contributed by atoms with Crippen LogP contribution in [0.5, 0.6) is 0 Å². The van der Waals surface area contributed by atoms with E-state index in [1.807, 2.05) is 12.1 Å². The Morgan fingerprint density at radius 3 is 3.10 bits per heavy atom. The molecule has 104 valence electrons. The third kappa shape index (κ3) is 2.15. The molecule has 0 saturated heterocycles. The monoisotopic (exact) mass is 298 g/mol. The Morgan fingerprint density at radius 1 is 1.24 bits per heavy atom. The Kier molecular flexibility index (Phi) is 2.86. The highest BCUT2D eigenvalue weighted by Crippen LogP contribution is 2.29. The van der Waals surface area contributed by atoms with Crippen LogP contribution in [-0.4, -0.2) is 21.7 Å². The Hall–Kier alpha value is -2.40. The first-order valence-electron chi connectivity index (χ1n) is 6.63. The van der Waals surface area contributed by atoms with Crippen molar-refractivity contribution in [2.24, 2.45) is 0 Å². The number of rotatable bonds is 2. The molecule has 0 aliphatic carbocycles. The van der Waals surface area contributed by atoms with Gasteiger partial charge >= 0.3 is 0 Å². The van der Waals surface area contributed by atoms with Crippen LogP contribution in [0.1, 0.15) is 5.56 Å². The lowest BCUT2D eigenvalue weighted by Gasteiger charge is -2.00. The number of fused-ring (bicyclic) bond motifs is 1. The lowest BCUT2D eigenvalue weighted by Crippen LogP contribution is -1.90.